The van der Waals surface area contributed by atoms with Gasteiger partial charge in [0.15, 0.2) is 0 Å². The minimum Gasteiger partial charge on any atom is -0.383 e. The summed E-state index contributed by atoms with van der Waals surface area (Å²) in [6.07, 6.45) is 1.43. The van der Waals surface area contributed by atoms with Gasteiger partial charge in [-0.25, -0.2) is 0 Å². The van der Waals surface area contributed by atoms with Crippen LogP contribution in [0.3, 0.4) is 0 Å². The Kier molecular flexibility index (Phi) is 10.1. The summed E-state index contributed by atoms with van der Waals surface area (Å²) < 4.78 is 4.98. The fourth-order valence-electron chi connectivity index (χ4n) is 1.33. The lowest BCUT2D eigenvalue weighted by atomic mass is 10.1. The third-order valence-corrected chi connectivity index (χ3v) is 2.76. The van der Waals surface area contributed by atoms with Crippen LogP contribution in [0.2, 0.25) is 0 Å². The molecule has 0 saturated carbocycles. The summed E-state index contributed by atoms with van der Waals surface area (Å²) in [6, 6.07) is 0. The molecule has 0 aromatic carbocycles. The van der Waals surface area contributed by atoms with E-state index in [-0.39, 0.29) is 5.91 Å². The van der Waals surface area contributed by atoms with Crippen LogP contribution in [-0.4, -0.2) is 57.8 Å². The molecule has 17 heavy (non-hydrogen) atoms. The molecule has 3 N–H and O–H groups in total. The molecule has 1 amide bonds. The minimum absolute atomic E-state index is 0.116. The maximum atomic E-state index is 11.5. The fourth-order valence-corrected chi connectivity index (χ4v) is 1.33. The number of methoxy groups -OCH3 is 1. The molecule has 0 aromatic rings. The Hall–Kier alpha value is -0.650. The summed E-state index contributed by atoms with van der Waals surface area (Å²) in [4.78, 5) is 13.6. The standard InChI is InChI=1S/C12H27N3O2/c1-11(10-13)4-5-12(16)14-6-7-15(2)8-9-17-3/h11H,4-10,13H2,1-3H3,(H,14,16). The van der Waals surface area contributed by atoms with Crippen LogP contribution < -0.4 is 11.1 Å². The van der Waals surface area contributed by atoms with E-state index in [1.165, 1.54) is 0 Å². The quantitative estimate of drug-likeness (QED) is 0.571. The normalized spacial score (nSPS) is 12.8. The van der Waals surface area contributed by atoms with E-state index in [9.17, 15) is 4.79 Å². The zero-order valence-corrected chi connectivity index (χ0v) is 11.4. The van der Waals surface area contributed by atoms with E-state index in [0.29, 0.717) is 25.4 Å². The molecule has 5 nitrogen and oxygen atoms in total. The second kappa shape index (κ2) is 10.5. The first kappa shape index (κ1) is 16.4. The molecule has 0 heterocycles. The topological polar surface area (TPSA) is 67.6 Å². The Morgan fingerprint density at radius 3 is 2.76 bits per heavy atom. The molecular weight excluding hydrogens is 218 g/mol. The second-order valence-corrected chi connectivity index (χ2v) is 4.53. The summed E-state index contributed by atoms with van der Waals surface area (Å²) in [5.41, 5.74) is 5.49. The summed E-state index contributed by atoms with van der Waals surface area (Å²) in [5, 5.41) is 2.91. The van der Waals surface area contributed by atoms with Crippen LogP contribution >= 0.6 is 0 Å². The molecule has 0 saturated heterocycles. The maximum Gasteiger partial charge on any atom is 0.220 e. The van der Waals surface area contributed by atoms with Crippen molar-refractivity contribution in [2.45, 2.75) is 19.8 Å². The zero-order valence-electron chi connectivity index (χ0n) is 11.4. The third kappa shape index (κ3) is 10.2. The number of nitrogens with one attached hydrogen (secondary N) is 1. The van der Waals surface area contributed by atoms with Gasteiger partial charge in [0, 0.05) is 33.2 Å². The Labute approximate surface area is 105 Å². The van der Waals surface area contributed by atoms with Gasteiger partial charge in [-0.3, -0.25) is 4.79 Å². The van der Waals surface area contributed by atoms with Gasteiger partial charge in [0.1, 0.15) is 0 Å². The third-order valence-electron chi connectivity index (χ3n) is 2.76. The van der Waals surface area contributed by atoms with Crippen molar-refractivity contribution in [1.29, 1.82) is 0 Å². The molecule has 0 spiro atoms. The number of nitrogens with zero attached hydrogens (tertiary/aromatic N) is 1. The lowest BCUT2D eigenvalue weighted by molar-refractivity contribution is -0.121. The lowest BCUT2D eigenvalue weighted by Gasteiger charge is -2.16. The molecule has 1 atom stereocenters. The van der Waals surface area contributed by atoms with Crippen molar-refractivity contribution in [3.63, 3.8) is 0 Å². The first-order valence-electron chi connectivity index (χ1n) is 6.24. The van der Waals surface area contributed by atoms with Gasteiger partial charge < -0.3 is 20.7 Å². The smallest absolute Gasteiger partial charge is 0.220 e. The van der Waals surface area contributed by atoms with E-state index >= 15 is 0 Å². The van der Waals surface area contributed by atoms with Crippen molar-refractivity contribution in [3.8, 4) is 0 Å². The van der Waals surface area contributed by atoms with Gasteiger partial charge in [0.05, 0.1) is 6.61 Å². The van der Waals surface area contributed by atoms with E-state index in [4.69, 9.17) is 10.5 Å². The fraction of sp³-hybridized carbons (Fsp3) is 0.917. The molecule has 0 fully saturated rings. The summed E-state index contributed by atoms with van der Waals surface area (Å²) in [6.45, 7) is 5.85. The summed E-state index contributed by atoms with van der Waals surface area (Å²) in [7, 11) is 3.70. The van der Waals surface area contributed by atoms with Crippen molar-refractivity contribution in [2.75, 3.05) is 46.9 Å². The van der Waals surface area contributed by atoms with E-state index in [1.807, 2.05) is 7.05 Å². The van der Waals surface area contributed by atoms with Crippen molar-refractivity contribution in [2.24, 2.45) is 11.7 Å². The largest absolute Gasteiger partial charge is 0.383 e. The number of amides is 1. The van der Waals surface area contributed by atoms with Crippen molar-refractivity contribution >= 4 is 5.91 Å². The molecular formula is C12H27N3O2. The van der Waals surface area contributed by atoms with Crippen LogP contribution in [0, 0.1) is 5.92 Å². The number of carbonyl (C=O) groups excluding carboxylic acids is 1. The molecule has 0 aliphatic carbocycles. The van der Waals surface area contributed by atoms with Gasteiger partial charge in [-0.05, 0) is 25.9 Å². The number of likely N-dealkylation sites (N-methyl/N-ethyl adjacent to an activating group) is 1. The lowest BCUT2D eigenvalue weighted by Crippen LogP contribution is -2.34. The Balaban J connectivity index is 3.44. The highest BCUT2D eigenvalue weighted by Crippen LogP contribution is 2.02. The van der Waals surface area contributed by atoms with Gasteiger partial charge in [-0.1, -0.05) is 6.92 Å². The number of rotatable bonds is 10. The SMILES string of the molecule is COCCN(C)CCNC(=O)CCC(C)CN. The molecule has 1 unspecified atom stereocenters. The second-order valence-electron chi connectivity index (χ2n) is 4.53. The predicted molar refractivity (Wildman–Crippen MR) is 69.8 cm³/mol. The van der Waals surface area contributed by atoms with Crippen LogP contribution in [0.5, 0.6) is 0 Å². The number of ether oxygens (including phenoxy) is 1. The molecule has 0 rings (SSSR count). The van der Waals surface area contributed by atoms with Gasteiger partial charge in [-0.15, -0.1) is 0 Å². The Morgan fingerprint density at radius 2 is 2.18 bits per heavy atom. The molecule has 0 radical (unpaired) electrons. The number of hydrogen-bond donors (Lipinski definition) is 2. The van der Waals surface area contributed by atoms with Crippen LogP contribution in [0.15, 0.2) is 0 Å². The van der Waals surface area contributed by atoms with E-state index < -0.39 is 0 Å². The first-order valence-corrected chi connectivity index (χ1v) is 6.24. The highest BCUT2D eigenvalue weighted by atomic mass is 16.5. The molecule has 0 aliphatic rings. The molecule has 5 heteroatoms. The summed E-state index contributed by atoms with van der Waals surface area (Å²) in [5.74, 6) is 0.538. The van der Waals surface area contributed by atoms with Crippen molar-refractivity contribution in [3.05, 3.63) is 0 Å². The first-order chi connectivity index (χ1) is 8.10. The van der Waals surface area contributed by atoms with Crippen molar-refractivity contribution in [1.82, 2.24) is 10.2 Å². The highest BCUT2D eigenvalue weighted by molar-refractivity contribution is 5.75. The number of carbonyl (C=O) groups is 1. The van der Waals surface area contributed by atoms with Gasteiger partial charge in [0.25, 0.3) is 0 Å². The van der Waals surface area contributed by atoms with Crippen molar-refractivity contribution < 1.29 is 9.53 Å². The van der Waals surface area contributed by atoms with Crippen LogP contribution in [0.4, 0.5) is 0 Å². The molecule has 102 valence electrons. The highest BCUT2D eigenvalue weighted by Gasteiger charge is 2.05. The van der Waals surface area contributed by atoms with Crippen LogP contribution in [-0.2, 0) is 9.53 Å². The Morgan fingerprint density at radius 1 is 1.47 bits per heavy atom. The van der Waals surface area contributed by atoms with Gasteiger partial charge in [-0.2, -0.15) is 0 Å². The molecule has 0 aliphatic heterocycles. The van der Waals surface area contributed by atoms with Crippen LogP contribution in [0.1, 0.15) is 19.8 Å². The molecule has 0 aromatic heterocycles. The van der Waals surface area contributed by atoms with Gasteiger partial charge in [0.2, 0.25) is 5.91 Å². The zero-order chi connectivity index (χ0) is 13.1. The van der Waals surface area contributed by atoms with E-state index in [2.05, 4.69) is 17.1 Å². The monoisotopic (exact) mass is 245 g/mol. The number of nitrogens with two attached hydrogens (primary N) is 1. The summed E-state index contributed by atoms with van der Waals surface area (Å²) >= 11 is 0. The average Bonchev–Trinajstić information content (AvgIpc) is 2.33. The average molecular weight is 245 g/mol. The van der Waals surface area contributed by atoms with E-state index in [0.717, 1.165) is 26.1 Å². The van der Waals surface area contributed by atoms with Crippen LogP contribution in [0.25, 0.3) is 0 Å². The Bertz CT molecular complexity index is 200. The predicted octanol–water partition coefficient (Wildman–Crippen LogP) is 0.0558. The van der Waals surface area contributed by atoms with E-state index in [1.54, 1.807) is 7.11 Å². The maximum absolute atomic E-state index is 11.5. The molecule has 0 bridgehead atoms. The number of hydrogen-bond acceptors (Lipinski definition) is 4. The van der Waals surface area contributed by atoms with Gasteiger partial charge >= 0.3 is 0 Å². The minimum atomic E-state index is 0.116.